The van der Waals surface area contributed by atoms with Crippen LogP contribution in [0.4, 0.5) is 0 Å². The summed E-state index contributed by atoms with van der Waals surface area (Å²) in [4.78, 5) is 0. The molecule has 1 aromatic carbocycles. The molecule has 0 spiro atoms. The van der Waals surface area contributed by atoms with Crippen molar-refractivity contribution < 1.29 is 9.09 Å². The monoisotopic (exact) mass is 250 g/mol. The Balaban J connectivity index is 2.65. The number of hydrogen-bond acceptors (Lipinski definition) is 4. The number of fused-ring (bicyclic) bond motifs is 1. The van der Waals surface area contributed by atoms with Gasteiger partial charge in [-0.15, -0.1) is 0 Å². The molecule has 4 nitrogen and oxygen atoms in total. The van der Waals surface area contributed by atoms with Crippen molar-refractivity contribution in [1.82, 2.24) is 10.2 Å². The molecule has 0 aliphatic heterocycles. The van der Waals surface area contributed by atoms with Crippen molar-refractivity contribution in [3.05, 3.63) is 30.5 Å². The van der Waals surface area contributed by atoms with Crippen LogP contribution in [0.15, 0.2) is 30.5 Å². The maximum atomic E-state index is 12.7. The molecule has 5 heteroatoms. The van der Waals surface area contributed by atoms with Crippen molar-refractivity contribution in [2.24, 2.45) is 0 Å². The van der Waals surface area contributed by atoms with Crippen molar-refractivity contribution in [2.45, 2.75) is 13.8 Å². The van der Waals surface area contributed by atoms with Gasteiger partial charge in [0, 0.05) is 11.5 Å². The fraction of sp³-hybridized carbons (Fsp3) is 0.333. The summed E-state index contributed by atoms with van der Waals surface area (Å²) in [7, 11) is -2.80. The van der Waals surface area contributed by atoms with Crippen molar-refractivity contribution in [3.8, 4) is 0 Å². The van der Waals surface area contributed by atoms with Gasteiger partial charge in [0.15, 0.2) is 0 Å². The van der Waals surface area contributed by atoms with E-state index in [1.807, 2.05) is 38.1 Å². The van der Waals surface area contributed by atoms with Crippen LogP contribution < -0.4 is 5.30 Å². The topological polar surface area (TPSA) is 52.1 Å². The summed E-state index contributed by atoms with van der Waals surface area (Å²) in [5, 5.41) is 9.47. The van der Waals surface area contributed by atoms with E-state index < -0.39 is 7.37 Å². The van der Waals surface area contributed by atoms with E-state index in [-0.39, 0.29) is 0 Å². The first-order valence-electron chi connectivity index (χ1n) is 5.66. The number of rotatable bonds is 4. The second-order valence-electron chi connectivity index (χ2n) is 3.65. The first-order valence-corrected chi connectivity index (χ1v) is 7.47. The van der Waals surface area contributed by atoms with E-state index in [0.717, 1.165) is 10.9 Å². The highest BCUT2D eigenvalue weighted by molar-refractivity contribution is 7.67. The average Bonchev–Trinajstić information content (AvgIpc) is 2.38. The number of nitrogens with zero attached hydrogens (tertiary/aromatic N) is 2. The van der Waals surface area contributed by atoms with Gasteiger partial charge in [0.05, 0.1) is 23.6 Å². The molecule has 1 heterocycles. The summed E-state index contributed by atoms with van der Waals surface area (Å²) in [6.07, 6.45) is 2.03. The molecule has 0 fully saturated rings. The minimum absolute atomic E-state index is 0.432. The predicted octanol–water partition coefficient (Wildman–Crippen LogP) is 2.59. The Labute approximate surface area is 100 Å². The van der Waals surface area contributed by atoms with Gasteiger partial charge in [-0.2, -0.15) is 10.2 Å². The molecular weight excluding hydrogens is 235 g/mol. The van der Waals surface area contributed by atoms with E-state index in [1.54, 1.807) is 6.20 Å². The van der Waals surface area contributed by atoms with Gasteiger partial charge in [0.1, 0.15) is 0 Å². The van der Waals surface area contributed by atoms with Crippen molar-refractivity contribution in [3.63, 3.8) is 0 Å². The highest BCUT2D eigenvalue weighted by Gasteiger charge is 2.25. The standard InChI is InChI=1S/C12H15N2O2P/c1-3-16-17(15,4-2)12-9-13-14-11-8-6-5-7-10(11)12/h5-9H,3-4H2,1-2H3. The lowest BCUT2D eigenvalue weighted by atomic mass is 10.2. The summed E-state index contributed by atoms with van der Waals surface area (Å²) in [6, 6.07) is 7.55. The zero-order chi connectivity index (χ0) is 12.3. The summed E-state index contributed by atoms with van der Waals surface area (Å²) in [6.45, 7) is 4.15. The van der Waals surface area contributed by atoms with Crippen LogP contribution in [0.2, 0.25) is 0 Å². The van der Waals surface area contributed by atoms with Gasteiger partial charge < -0.3 is 4.52 Å². The van der Waals surface area contributed by atoms with Crippen LogP contribution in [0.1, 0.15) is 13.8 Å². The Bertz CT molecular complexity index is 566. The van der Waals surface area contributed by atoms with Crippen LogP contribution >= 0.6 is 7.37 Å². The summed E-state index contributed by atoms with van der Waals surface area (Å²) >= 11 is 0. The Kier molecular flexibility index (Phi) is 3.55. The number of hydrogen-bond donors (Lipinski definition) is 0. The fourth-order valence-corrected chi connectivity index (χ4v) is 3.67. The van der Waals surface area contributed by atoms with Gasteiger partial charge in [-0.1, -0.05) is 25.1 Å². The minimum Gasteiger partial charge on any atom is -0.326 e. The third kappa shape index (κ3) is 2.24. The lowest BCUT2D eigenvalue weighted by molar-refractivity contribution is 0.341. The second kappa shape index (κ2) is 4.94. The molecule has 0 aliphatic carbocycles. The summed E-state index contributed by atoms with van der Waals surface area (Å²) in [5.74, 6) is 0. The Morgan fingerprint density at radius 3 is 2.76 bits per heavy atom. The van der Waals surface area contributed by atoms with Gasteiger partial charge in [0.2, 0.25) is 7.37 Å². The second-order valence-corrected chi connectivity index (χ2v) is 6.37. The molecule has 1 unspecified atom stereocenters. The first-order chi connectivity index (χ1) is 8.21. The van der Waals surface area contributed by atoms with Gasteiger partial charge >= 0.3 is 0 Å². The van der Waals surface area contributed by atoms with Crippen LogP contribution in [0.25, 0.3) is 10.9 Å². The fourth-order valence-electron chi connectivity index (χ4n) is 1.80. The van der Waals surface area contributed by atoms with Crippen molar-refractivity contribution >= 4 is 23.6 Å². The van der Waals surface area contributed by atoms with E-state index in [0.29, 0.717) is 18.1 Å². The molecule has 1 atom stereocenters. The molecule has 0 aliphatic rings. The molecule has 17 heavy (non-hydrogen) atoms. The van der Waals surface area contributed by atoms with Gasteiger partial charge in [-0.05, 0) is 13.0 Å². The van der Waals surface area contributed by atoms with E-state index in [2.05, 4.69) is 10.2 Å². The molecule has 90 valence electrons. The third-order valence-corrected chi connectivity index (χ3v) is 5.24. The van der Waals surface area contributed by atoms with Gasteiger partial charge in [0.25, 0.3) is 0 Å². The summed E-state index contributed by atoms with van der Waals surface area (Å²) < 4.78 is 18.2. The minimum atomic E-state index is -2.80. The van der Waals surface area contributed by atoms with Crippen molar-refractivity contribution in [2.75, 3.05) is 12.8 Å². The number of aromatic nitrogens is 2. The lowest BCUT2D eigenvalue weighted by Gasteiger charge is -2.17. The molecular formula is C12H15N2O2P. The maximum Gasteiger partial charge on any atom is 0.234 e. The lowest BCUT2D eigenvalue weighted by Crippen LogP contribution is -2.12. The van der Waals surface area contributed by atoms with Crippen LogP contribution in [-0.4, -0.2) is 23.0 Å². The SMILES string of the molecule is CCOP(=O)(CC)c1cnnc2ccccc12. The van der Waals surface area contributed by atoms with E-state index in [4.69, 9.17) is 4.52 Å². The molecule has 0 saturated heterocycles. The highest BCUT2D eigenvalue weighted by Crippen LogP contribution is 2.46. The highest BCUT2D eigenvalue weighted by atomic mass is 31.2. The van der Waals surface area contributed by atoms with Crippen LogP contribution in [0.3, 0.4) is 0 Å². The third-order valence-electron chi connectivity index (χ3n) is 2.65. The van der Waals surface area contributed by atoms with E-state index in [1.165, 1.54) is 0 Å². The van der Waals surface area contributed by atoms with Crippen molar-refractivity contribution in [1.29, 1.82) is 0 Å². The maximum absolute atomic E-state index is 12.7. The molecule has 0 N–H and O–H groups in total. The number of benzene rings is 1. The Hall–Kier alpha value is -1.25. The molecule has 1 aromatic heterocycles. The van der Waals surface area contributed by atoms with Gasteiger partial charge in [-0.3, -0.25) is 4.57 Å². The Morgan fingerprint density at radius 2 is 2.06 bits per heavy atom. The molecule has 2 rings (SSSR count). The molecule has 0 saturated carbocycles. The smallest absolute Gasteiger partial charge is 0.234 e. The Morgan fingerprint density at radius 1 is 1.29 bits per heavy atom. The normalized spacial score (nSPS) is 14.7. The molecule has 2 aromatic rings. The van der Waals surface area contributed by atoms with E-state index >= 15 is 0 Å². The zero-order valence-corrected chi connectivity index (χ0v) is 10.9. The quantitative estimate of drug-likeness (QED) is 0.782. The zero-order valence-electron chi connectivity index (χ0n) is 9.96. The average molecular weight is 250 g/mol. The first kappa shape index (κ1) is 12.2. The molecule has 0 amide bonds. The van der Waals surface area contributed by atoms with Crippen LogP contribution in [-0.2, 0) is 9.09 Å². The predicted molar refractivity (Wildman–Crippen MR) is 68.9 cm³/mol. The largest absolute Gasteiger partial charge is 0.326 e. The van der Waals surface area contributed by atoms with E-state index in [9.17, 15) is 4.57 Å². The van der Waals surface area contributed by atoms with Crippen LogP contribution in [0.5, 0.6) is 0 Å². The molecule has 0 bridgehead atoms. The summed E-state index contributed by atoms with van der Waals surface area (Å²) in [5.41, 5.74) is 0.748. The van der Waals surface area contributed by atoms with Gasteiger partial charge in [-0.25, -0.2) is 0 Å². The molecule has 0 radical (unpaired) electrons. The van der Waals surface area contributed by atoms with Crippen LogP contribution in [0, 0.1) is 0 Å².